The highest BCUT2D eigenvalue weighted by molar-refractivity contribution is 5.96. The number of carbonyl (C=O) groups is 1. The van der Waals surface area contributed by atoms with Crippen LogP contribution >= 0.6 is 0 Å². The molecule has 0 amide bonds. The summed E-state index contributed by atoms with van der Waals surface area (Å²) in [4.78, 5) is 24.0. The van der Waals surface area contributed by atoms with Crippen LogP contribution in [-0.2, 0) is 0 Å². The lowest BCUT2D eigenvalue weighted by Crippen LogP contribution is -2.40. The van der Waals surface area contributed by atoms with Gasteiger partial charge in [-0.15, -0.1) is 0 Å². The van der Waals surface area contributed by atoms with Crippen molar-refractivity contribution in [2.45, 2.75) is 32.6 Å². The number of carbonyl (C=O) groups excluding carboxylic acids is 1. The molecule has 6 nitrogen and oxygen atoms in total. The minimum atomic E-state index is -0.0417. The zero-order valence-corrected chi connectivity index (χ0v) is 15.2. The van der Waals surface area contributed by atoms with Crippen molar-refractivity contribution in [2.24, 2.45) is 5.92 Å². The number of hydrogen-bond acceptors (Lipinski definition) is 5. The second kappa shape index (κ2) is 6.86. The second-order valence-corrected chi connectivity index (χ2v) is 7.16. The minimum absolute atomic E-state index is 0.0417. The molecule has 0 radical (unpaired) electrons. The van der Waals surface area contributed by atoms with E-state index in [-0.39, 0.29) is 11.7 Å². The smallest absolute Gasteiger partial charge is 0.185 e. The zero-order chi connectivity index (χ0) is 18.1. The summed E-state index contributed by atoms with van der Waals surface area (Å²) in [6.07, 6.45) is 5.33. The van der Waals surface area contributed by atoms with Crippen molar-refractivity contribution < 1.29 is 4.79 Å². The van der Waals surface area contributed by atoms with Crippen LogP contribution in [0.3, 0.4) is 0 Å². The number of hydrogen-bond donors (Lipinski definition) is 0. The van der Waals surface area contributed by atoms with Gasteiger partial charge in [-0.05, 0) is 30.9 Å². The highest BCUT2D eigenvalue weighted by Crippen LogP contribution is 2.27. The first-order valence-corrected chi connectivity index (χ1v) is 9.18. The Morgan fingerprint density at radius 1 is 1.23 bits per heavy atom. The van der Waals surface area contributed by atoms with E-state index >= 15 is 0 Å². The van der Waals surface area contributed by atoms with Crippen molar-refractivity contribution in [3.8, 4) is 0 Å². The number of piperidine rings is 1. The van der Waals surface area contributed by atoms with Crippen LogP contribution in [0.15, 0.2) is 42.7 Å². The first-order chi connectivity index (χ1) is 12.6. The van der Waals surface area contributed by atoms with Crippen LogP contribution in [0.4, 0.5) is 5.82 Å². The molecule has 0 saturated carbocycles. The monoisotopic (exact) mass is 349 g/mol. The third-order valence-electron chi connectivity index (χ3n) is 4.99. The number of fused-ring (bicyclic) bond motifs is 1. The number of nitrogens with zero attached hydrogens (tertiary/aromatic N) is 5. The second-order valence-electron chi connectivity index (χ2n) is 7.16. The van der Waals surface area contributed by atoms with Crippen LogP contribution in [0.2, 0.25) is 0 Å². The molecule has 0 bridgehead atoms. The number of Topliss-reactive ketones (excluding diaryl/α,β-unsaturated/α-hetero) is 1. The average Bonchev–Trinajstić information content (AvgIpc) is 3.16. The molecule has 4 heterocycles. The molecule has 4 rings (SSSR count). The summed E-state index contributed by atoms with van der Waals surface area (Å²) in [6, 6.07) is 9.54. The Balaban J connectivity index is 1.65. The molecule has 1 fully saturated rings. The van der Waals surface area contributed by atoms with Crippen molar-refractivity contribution in [1.82, 2.24) is 19.6 Å². The Morgan fingerprint density at radius 2 is 2.12 bits per heavy atom. The average molecular weight is 349 g/mol. The van der Waals surface area contributed by atoms with Gasteiger partial charge in [0.25, 0.3) is 0 Å². The van der Waals surface area contributed by atoms with E-state index in [0.29, 0.717) is 18.2 Å². The van der Waals surface area contributed by atoms with Gasteiger partial charge in [-0.25, -0.2) is 4.98 Å². The van der Waals surface area contributed by atoms with E-state index in [1.165, 1.54) is 0 Å². The number of pyridine rings is 1. The van der Waals surface area contributed by atoms with Gasteiger partial charge in [-0.3, -0.25) is 9.78 Å². The van der Waals surface area contributed by atoms with Gasteiger partial charge in [0.2, 0.25) is 0 Å². The van der Waals surface area contributed by atoms with E-state index in [1.54, 1.807) is 18.5 Å². The van der Waals surface area contributed by atoms with E-state index in [4.69, 9.17) is 0 Å². The van der Waals surface area contributed by atoms with E-state index in [9.17, 15) is 4.79 Å². The van der Waals surface area contributed by atoms with Crippen molar-refractivity contribution in [3.05, 3.63) is 54.1 Å². The fraction of sp³-hybridized carbons (Fsp3) is 0.400. The molecule has 1 atom stereocenters. The Bertz CT molecular complexity index is 918. The van der Waals surface area contributed by atoms with Gasteiger partial charge >= 0.3 is 0 Å². The lowest BCUT2D eigenvalue weighted by molar-refractivity contribution is 0.0902. The summed E-state index contributed by atoms with van der Waals surface area (Å²) in [7, 11) is 0. The van der Waals surface area contributed by atoms with Crippen LogP contribution < -0.4 is 4.90 Å². The van der Waals surface area contributed by atoms with Gasteiger partial charge < -0.3 is 4.90 Å². The zero-order valence-electron chi connectivity index (χ0n) is 15.2. The minimum Gasteiger partial charge on any atom is -0.356 e. The number of aromatic nitrogens is 4. The highest BCUT2D eigenvalue weighted by Gasteiger charge is 2.29. The Labute approximate surface area is 152 Å². The van der Waals surface area contributed by atoms with Gasteiger partial charge in [0.1, 0.15) is 11.5 Å². The van der Waals surface area contributed by atoms with Crippen LogP contribution in [0.1, 0.15) is 48.8 Å². The SMILES string of the molecule is CC(C)c1cc(N2CCCC(C(=O)c3ccccn3)C2)n2nccc2n1. The first kappa shape index (κ1) is 16.7. The first-order valence-electron chi connectivity index (χ1n) is 9.18. The molecule has 26 heavy (non-hydrogen) atoms. The molecule has 0 aliphatic carbocycles. The molecule has 3 aromatic heterocycles. The Morgan fingerprint density at radius 3 is 2.88 bits per heavy atom. The maximum absolute atomic E-state index is 12.8. The summed E-state index contributed by atoms with van der Waals surface area (Å²) in [5.41, 5.74) is 2.46. The molecule has 1 saturated heterocycles. The summed E-state index contributed by atoms with van der Waals surface area (Å²) >= 11 is 0. The molecule has 6 heteroatoms. The van der Waals surface area contributed by atoms with Crippen LogP contribution in [0, 0.1) is 5.92 Å². The van der Waals surface area contributed by atoms with Crippen LogP contribution in [-0.4, -0.2) is 38.5 Å². The molecule has 134 valence electrons. The fourth-order valence-electron chi connectivity index (χ4n) is 3.55. The van der Waals surface area contributed by atoms with Gasteiger partial charge in [0.15, 0.2) is 11.4 Å². The maximum Gasteiger partial charge on any atom is 0.185 e. The summed E-state index contributed by atoms with van der Waals surface area (Å²) in [5, 5.41) is 4.44. The van der Waals surface area contributed by atoms with Crippen molar-refractivity contribution in [3.63, 3.8) is 0 Å². The largest absolute Gasteiger partial charge is 0.356 e. The van der Waals surface area contributed by atoms with Crippen molar-refractivity contribution in [1.29, 1.82) is 0 Å². The number of anilines is 1. The molecule has 1 aliphatic rings. The van der Waals surface area contributed by atoms with Gasteiger partial charge in [-0.2, -0.15) is 9.61 Å². The predicted molar refractivity (Wildman–Crippen MR) is 101 cm³/mol. The van der Waals surface area contributed by atoms with Crippen molar-refractivity contribution in [2.75, 3.05) is 18.0 Å². The summed E-state index contributed by atoms with van der Waals surface area (Å²) < 4.78 is 1.87. The van der Waals surface area contributed by atoms with Crippen LogP contribution in [0.5, 0.6) is 0 Å². The van der Waals surface area contributed by atoms with E-state index in [1.807, 2.05) is 22.7 Å². The lowest BCUT2D eigenvalue weighted by Gasteiger charge is -2.33. The summed E-state index contributed by atoms with van der Waals surface area (Å²) in [5.74, 6) is 1.44. The lowest BCUT2D eigenvalue weighted by atomic mass is 9.92. The fourth-order valence-corrected chi connectivity index (χ4v) is 3.55. The Kier molecular flexibility index (Phi) is 4.41. The quantitative estimate of drug-likeness (QED) is 0.676. The van der Waals surface area contributed by atoms with E-state index < -0.39 is 0 Å². The topological polar surface area (TPSA) is 63.4 Å². The molecular weight excluding hydrogens is 326 g/mol. The standard InChI is InChI=1S/C20H23N5O/c1-14(2)17-12-19(25-18(23-17)8-10-22-25)24-11-5-6-15(13-24)20(26)16-7-3-4-9-21-16/h3-4,7-10,12,14-15H,5-6,11,13H2,1-2H3. The summed E-state index contributed by atoms with van der Waals surface area (Å²) in [6.45, 7) is 5.89. The molecule has 0 spiro atoms. The molecule has 3 aromatic rings. The molecular formula is C20H23N5O. The van der Waals surface area contributed by atoms with Gasteiger partial charge in [0, 0.05) is 43.0 Å². The molecule has 0 N–H and O–H groups in total. The third-order valence-corrected chi connectivity index (χ3v) is 4.99. The highest BCUT2D eigenvalue weighted by atomic mass is 16.1. The van der Waals surface area contributed by atoms with E-state index in [0.717, 1.165) is 36.5 Å². The predicted octanol–water partition coefficient (Wildman–Crippen LogP) is 3.35. The molecule has 0 aromatic carbocycles. The third kappa shape index (κ3) is 3.07. The van der Waals surface area contributed by atoms with Crippen LogP contribution in [0.25, 0.3) is 5.65 Å². The van der Waals surface area contributed by atoms with Gasteiger partial charge in [-0.1, -0.05) is 19.9 Å². The number of ketones is 1. The van der Waals surface area contributed by atoms with E-state index in [2.05, 4.69) is 39.9 Å². The maximum atomic E-state index is 12.8. The van der Waals surface area contributed by atoms with Gasteiger partial charge in [0.05, 0.1) is 6.20 Å². The molecule has 1 aliphatic heterocycles. The molecule has 1 unspecified atom stereocenters. The van der Waals surface area contributed by atoms with Crippen molar-refractivity contribution >= 4 is 17.2 Å². The number of rotatable bonds is 4. The normalized spacial score (nSPS) is 17.8. The Hall–Kier alpha value is -2.76.